The van der Waals surface area contributed by atoms with Crippen molar-refractivity contribution in [2.45, 2.75) is 45.0 Å². The Kier molecular flexibility index (Phi) is 2.96. The summed E-state index contributed by atoms with van der Waals surface area (Å²) in [4.78, 5) is 0. The average molecular weight is 188 g/mol. The molecule has 2 nitrogen and oxygen atoms in total. The van der Waals surface area contributed by atoms with Gasteiger partial charge in [-0.05, 0) is 26.1 Å². The lowest BCUT2D eigenvalue weighted by Crippen LogP contribution is -2.56. The van der Waals surface area contributed by atoms with Gasteiger partial charge in [-0.25, -0.2) is 0 Å². The molecule has 0 bridgehead atoms. The molecule has 1 fully saturated rings. The van der Waals surface area contributed by atoms with E-state index in [9.17, 15) is 0 Å². The molecule has 1 rings (SSSR count). The highest BCUT2D eigenvalue weighted by Crippen LogP contribution is 2.30. The van der Waals surface area contributed by atoms with Crippen molar-refractivity contribution in [1.29, 1.82) is 0 Å². The van der Waals surface area contributed by atoms with Crippen LogP contribution in [0.2, 0.25) is 19.6 Å². The first-order valence-corrected chi connectivity index (χ1v) is 8.16. The highest BCUT2D eigenvalue weighted by atomic mass is 28.4. The SMILES string of the molecule is CCCC1(O[Si](C)(C)C)COC1. The van der Waals surface area contributed by atoms with Gasteiger partial charge in [-0.1, -0.05) is 13.3 Å². The lowest BCUT2D eigenvalue weighted by molar-refractivity contribution is -0.169. The van der Waals surface area contributed by atoms with Crippen LogP contribution < -0.4 is 0 Å². The summed E-state index contributed by atoms with van der Waals surface area (Å²) in [6.45, 7) is 10.5. The van der Waals surface area contributed by atoms with Gasteiger partial charge in [0.2, 0.25) is 0 Å². The second kappa shape index (κ2) is 3.48. The van der Waals surface area contributed by atoms with E-state index in [1.54, 1.807) is 0 Å². The van der Waals surface area contributed by atoms with Crippen molar-refractivity contribution < 1.29 is 9.16 Å². The van der Waals surface area contributed by atoms with Crippen molar-refractivity contribution in [2.24, 2.45) is 0 Å². The molecule has 1 aliphatic heterocycles. The molecule has 0 aromatic carbocycles. The van der Waals surface area contributed by atoms with E-state index >= 15 is 0 Å². The molecule has 0 amide bonds. The summed E-state index contributed by atoms with van der Waals surface area (Å²) < 4.78 is 11.3. The van der Waals surface area contributed by atoms with E-state index in [0.29, 0.717) is 0 Å². The maximum Gasteiger partial charge on any atom is 0.184 e. The fraction of sp³-hybridized carbons (Fsp3) is 1.00. The third-order valence-electron chi connectivity index (χ3n) is 1.96. The van der Waals surface area contributed by atoms with Gasteiger partial charge in [0.25, 0.3) is 0 Å². The molecule has 12 heavy (non-hydrogen) atoms. The predicted molar refractivity (Wildman–Crippen MR) is 52.9 cm³/mol. The Labute approximate surface area is 76.4 Å². The van der Waals surface area contributed by atoms with Gasteiger partial charge in [-0.3, -0.25) is 0 Å². The van der Waals surface area contributed by atoms with Crippen LogP contribution in [0, 0.1) is 0 Å². The van der Waals surface area contributed by atoms with Crippen molar-refractivity contribution in [2.75, 3.05) is 13.2 Å². The van der Waals surface area contributed by atoms with Crippen molar-refractivity contribution >= 4 is 8.32 Å². The Morgan fingerprint density at radius 3 is 2.17 bits per heavy atom. The van der Waals surface area contributed by atoms with Crippen molar-refractivity contribution in [3.05, 3.63) is 0 Å². The van der Waals surface area contributed by atoms with Crippen LogP contribution in [-0.2, 0) is 9.16 Å². The molecular weight excluding hydrogens is 168 g/mol. The molecule has 1 heterocycles. The van der Waals surface area contributed by atoms with Crippen LogP contribution >= 0.6 is 0 Å². The summed E-state index contributed by atoms with van der Waals surface area (Å²) in [7, 11) is -1.38. The van der Waals surface area contributed by atoms with E-state index in [1.807, 2.05) is 0 Å². The summed E-state index contributed by atoms with van der Waals surface area (Å²) in [6.07, 6.45) is 2.34. The largest absolute Gasteiger partial charge is 0.407 e. The van der Waals surface area contributed by atoms with E-state index in [4.69, 9.17) is 9.16 Å². The Balaban J connectivity index is 2.45. The molecule has 0 saturated carbocycles. The van der Waals surface area contributed by atoms with Crippen molar-refractivity contribution in [3.63, 3.8) is 0 Å². The Hall–Kier alpha value is 0.137. The fourth-order valence-electron chi connectivity index (χ4n) is 1.69. The number of ether oxygens (including phenoxy) is 1. The Bertz CT molecular complexity index is 147. The Morgan fingerprint density at radius 2 is 1.92 bits per heavy atom. The van der Waals surface area contributed by atoms with Crippen LogP contribution in [0.1, 0.15) is 19.8 Å². The first-order chi connectivity index (χ1) is 5.47. The van der Waals surface area contributed by atoms with Gasteiger partial charge in [0.1, 0.15) is 5.60 Å². The van der Waals surface area contributed by atoms with E-state index < -0.39 is 8.32 Å². The average Bonchev–Trinajstić information content (AvgIpc) is 1.80. The van der Waals surface area contributed by atoms with Gasteiger partial charge in [0, 0.05) is 0 Å². The minimum Gasteiger partial charge on any atom is -0.407 e. The highest BCUT2D eigenvalue weighted by Gasteiger charge is 2.41. The molecule has 1 saturated heterocycles. The normalized spacial score (nSPS) is 22.0. The summed E-state index contributed by atoms with van der Waals surface area (Å²) in [5, 5.41) is 0. The fourth-order valence-corrected chi connectivity index (χ4v) is 3.21. The molecule has 3 heteroatoms. The van der Waals surface area contributed by atoms with E-state index in [-0.39, 0.29) is 5.60 Å². The minimum absolute atomic E-state index is 0.0965. The first kappa shape index (κ1) is 10.2. The van der Waals surface area contributed by atoms with Gasteiger partial charge in [-0.2, -0.15) is 0 Å². The van der Waals surface area contributed by atoms with E-state index in [2.05, 4.69) is 26.6 Å². The highest BCUT2D eigenvalue weighted by molar-refractivity contribution is 6.69. The maximum atomic E-state index is 6.12. The molecule has 0 unspecified atom stereocenters. The monoisotopic (exact) mass is 188 g/mol. The van der Waals surface area contributed by atoms with Gasteiger partial charge >= 0.3 is 0 Å². The summed E-state index contributed by atoms with van der Waals surface area (Å²) in [6, 6.07) is 0. The lowest BCUT2D eigenvalue weighted by atomic mass is 9.97. The molecule has 0 radical (unpaired) electrons. The molecule has 0 aliphatic carbocycles. The molecule has 0 atom stereocenters. The molecule has 0 aromatic rings. The van der Waals surface area contributed by atoms with Crippen molar-refractivity contribution in [1.82, 2.24) is 0 Å². The third-order valence-corrected chi connectivity index (χ3v) is 3.00. The smallest absolute Gasteiger partial charge is 0.184 e. The molecule has 0 aromatic heterocycles. The second-order valence-electron chi connectivity index (χ2n) is 4.64. The summed E-state index contributed by atoms with van der Waals surface area (Å²) in [5.41, 5.74) is 0.0965. The molecular formula is C9H20O2Si. The van der Waals surface area contributed by atoms with E-state index in [1.165, 1.54) is 6.42 Å². The van der Waals surface area contributed by atoms with Crippen LogP contribution in [0.25, 0.3) is 0 Å². The lowest BCUT2D eigenvalue weighted by Gasteiger charge is -2.45. The van der Waals surface area contributed by atoms with Crippen LogP contribution in [0.15, 0.2) is 0 Å². The molecule has 1 aliphatic rings. The van der Waals surface area contributed by atoms with Gasteiger partial charge < -0.3 is 9.16 Å². The number of hydrogen-bond donors (Lipinski definition) is 0. The summed E-state index contributed by atoms with van der Waals surface area (Å²) in [5.74, 6) is 0. The zero-order valence-electron chi connectivity index (χ0n) is 8.64. The first-order valence-electron chi connectivity index (χ1n) is 4.75. The second-order valence-corrected chi connectivity index (χ2v) is 9.07. The van der Waals surface area contributed by atoms with Crippen LogP contribution in [0.3, 0.4) is 0 Å². The van der Waals surface area contributed by atoms with Gasteiger partial charge in [0.05, 0.1) is 13.2 Å². The summed E-state index contributed by atoms with van der Waals surface area (Å²) >= 11 is 0. The zero-order valence-corrected chi connectivity index (χ0v) is 9.64. The van der Waals surface area contributed by atoms with Gasteiger partial charge in [-0.15, -0.1) is 0 Å². The minimum atomic E-state index is -1.38. The van der Waals surface area contributed by atoms with Crippen LogP contribution in [0.5, 0.6) is 0 Å². The van der Waals surface area contributed by atoms with Gasteiger partial charge in [0.15, 0.2) is 8.32 Å². The topological polar surface area (TPSA) is 18.5 Å². The molecule has 0 N–H and O–H groups in total. The van der Waals surface area contributed by atoms with E-state index in [0.717, 1.165) is 19.6 Å². The predicted octanol–water partition coefficient (Wildman–Crippen LogP) is 2.41. The molecule has 72 valence electrons. The molecule has 0 spiro atoms. The third kappa shape index (κ3) is 2.57. The maximum absolute atomic E-state index is 6.12. The quantitative estimate of drug-likeness (QED) is 0.631. The number of rotatable bonds is 4. The van der Waals surface area contributed by atoms with Crippen LogP contribution in [0.4, 0.5) is 0 Å². The standard InChI is InChI=1S/C9H20O2Si/c1-5-6-9(7-10-8-9)11-12(2,3)4/h5-8H2,1-4H3. The zero-order chi connectivity index (χ0) is 9.24. The Morgan fingerprint density at radius 1 is 1.33 bits per heavy atom. The number of hydrogen-bond acceptors (Lipinski definition) is 2. The van der Waals surface area contributed by atoms with Crippen LogP contribution in [-0.4, -0.2) is 27.1 Å². The van der Waals surface area contributed by atoms with Crippen molar-refractivity contribution in [3.8, 4) is 0 Å².